The second-order valence-corrected chi connectivity index (χ2v) is 6.65. The number of piperidine rings is 1. The van der Waals surface area contributed by atoms with Crippen molar-refractivity contribution in [2.24, 2.45) is 5.92 Å². The number of benzene rings is 1. The Kier molecular flexibility index (Phi) is 5.70. The highest BCUT2D eigenvalue weighted by Gasteiger charge is 2.27. The summed E-state index contributed by atoms with van der Waals surface area (Å²) in [5.41, 5.74) is 1.36. The van der Waals surface area contributed by atoms with Gasteiger partial charge in [-0.05, 0) is 37.0 Å². The van der Waals surface area contributed by atoms with E-state index in [1.165, 1.54) is 6.07 Å². The molecular weight excluding hydrogens is 281 g/mol. The van der Waals surface area contributed by atoms with Gasteiger partial charge in [0, 0.05) is 25.6 Å². The summed E-state index contributed by atoms with van der Waals surface area (Å²) >= 11 is 0. The molecule has 1 aromatic rings. The van der Waals surface area contributed by atoms with Crippen molar-refractivity contribution in [3.8, 4) is 0 Å². The lowest BCUT2D eigenvalue weighted by molar-refractivity contribution is -0.124. The first-order chi connectivity index (χ1) is 10.4. The summed E-state index contributed by atoms with van der Waals surface area (Å²) < 4.78 is 13.9. The Morgan fingerprint density at radius 3 is 2.55 bits per heavy atom. The van der Waals surface area contributed by atoms with E-state index in [-0.39, 0.29) is 29.5 Å². The number of hydrogen-bond donors (Lipinski definition) is 1. The minimum absolute atomic E-state index is 0.0789. The maximum atomic E-state index is 13.9. The van der Waals surface area contributed by atoms with Gasteiger partial charge in [0.1, 0.15) is 11.6 Å². The van der Waals surface area contributed by atoms with Gasteiger partial charge in [0.05, 0.1) is 12.0 Å². The maximum Gasteiger partial charge on any atom is 0.144 e. The lowest BCUT2D eigenvalue weighted by atomic mass is 9.87. The molecule has 1 aromatic carbocycles. The molecule has 1 saturated heterocycles. The fraction of sp³-hybridized carbons (Fsp3) is 0.611. The highest BCUT2D eigenvalue weighted by Crippen LogP contribution is 2.25. The van der Waals surface area contributed by atoms with Gasteiger partial charge in [-0.15, -0.1) is 0 Å². The number of aliphatic hydroxyl groups excluding tert-OH is 1. The first-order valence-corrected chi connectivity index (χ1v) is 8.08. The number of Topliss-reactive ketones (excluding diaryl/α,β-unsaturated/α-hetero) is 1. The third kappa shape index (κ3) is 4.14. The summed E-state index contributed by atoms with van der Waals surface area (Å²) in [5, 5.41) is 9.60. The van der Waals surface area contributed by atoms with E-state index in [0.29, 0.717) is 12.1 Å². The van der Waals surface area contributed by atoms with Gasteiger partial charge in [-0.25, -0.2) is 4.39 Å². The fourth-order valence-corrected chi connectivity index (χ4v) is 2.95. The Morgan fingerprint density at radius 1 is 1.36 bits per heavy atom. The van der Waals surface area contributed by atoms with Crippen molar-refractivity contribution < 1.29 is 14.3 Å². The van der Waals surface area contributed by atoms with Crippen molar-refractivity contribution in [1.29, 1.82) is 0 Å². The molecular formula is C18H26FNO2. The topological polar surface area (TPSA) is 40.5 Å². The number of likely N-dealkylation sites (tertiary alicyclic amines) is 1. The second-order valence-electron chi connectivity index (χ2n) is 6.65. The van der Waals surface area contributed by atoms with E-state index in [0.717, 1.165) is 31.5 Å². The molecule has 0 aromatic heterocycles. The Labute approximate surface area is 132 Å². The van der Waals surface area contributed by atoms with E-state index in [1.807, 2.05) is 19.9 Å². The van der Waals surface area contributed by atoms with Gasteiger partial charge in [-0.1, -0.05) is 26.0 Å². The standard InChI is InChI=1S/C18H26FNO2/c1-12(2)18(22)16(11-20-8-6-15(21)7-9-20)14-5-4-13(3)17(19)10-14/h4-5,10,12,15-16,21H,6-9,11H2,1-3H3/t16-/m1/s1. The molecule has 1 aliphatic heterocycles. The van der Waals surface area contributed by atoms with E-state index in [2.05, 4.69) is 4.90 Å². The number of carbonyl (C=O) groups is 1. The van der Waals surface area contributed by atoms with Crippen molar-refractivity contribution >= 4 is 5.78 Å². The minimum Gasteiger partial charge on any atom is -0.393 e. The quantitative estimate of drug-likeness (QED) is 0.909. The molecule has 1 aliphatic rings. The molecule has 1 fully saturated rings. The van der Waals surface area contributed by atoms with Crippen LogP contribution in [0.4, 0.5) is 4.39 Å². The highest BCUT2D eigenvalue weighted by molar-refractivity contribution is 5.87. The summed E-state index contributed by atoms with van der Waals surface area (Å²) in [7, 11) is 0. The van der Waals surface area contributed by atoms with E-state index in [1.54, 1.807) is 13.0 Å². The molecule has 1 atom stereocenters. The maximum absolute atomic E-state index is 13.9. The molecule has 0 radical (unpaired) electrons. The summed E-state index contributed by atoms with van der Waals surface area (Å²) in [6.45, 7) is 7.69. The van der Waals surface area contributed by atoms with E-state index in [4.69, 9.17) is 0 Å². The average Bonchev–Trinajstić information content (AvgIpc) is 2.49. The second kappa shape index (κ2) is 7.34. The summed E-state index contributed by atoms with van der Waals surface area (Å²) in [4.78, 5) is 14.8. The fourth-order valence-electron chi connectivity index (χ4n) is 2.95. The zero-order valence-electron chi connectivity index (χ0n) is 13.7. The van der Waals surface area contributed by atoms with Gasteiger partial charge in [0.25, 0.3) is 0 Å². The van der Waals surface area contributed by atoms with Crippen molar-refractivity contribution in [1.82, 2.24) is 4.90 Å². The third-order valence-electron chi connectivity index (χ3n) is 4.51. The van der Waals surface area contributed by atoms with E-state index >= 15 is 0 Å². The molecule has 0 amide bonds. The number of ketones is 1. The zero-order chi connectivity index (χ0) is 16.3. The first kappa shape index (κ1) is 17.1. The molecule has 122 valence electrons. The van der Waals surface area contributed by atoms with E-state index < -0.39 is 0 Å². The van der Waals surface area contributed by atoms with Gasteiger partial charge < -0.3 is 10.0 Å². The van der Waals surface area contributed by atoms with Crippen LogP contribution in [0.2, 0.25) is 0 Å². The lowest BCUT2D eigenvalue weighted by Gasteiger charge is -2.32. The predicted molar refractivity (Wildman–Crippen MR) is 85.4 cm³/mol. The molecule has 2 rings (SSSR count). The third-order valence-corrected chi connectivity index (χ3v) is 4.51. The Balaban J connectivity index is 2.19. The summed E-state index contributed by atoms with van der Waals surface area (Å²) in [6, 6.07) is 5.10. The van der Waals surface area contributed by atoms with Gasteiger partial charge in [0.15, 0.2) is 0 Å². The Hall–Kier alpha value is -1.26. The minimum atomic E-state index is -0.301. The van der Waals surface area contributed by atoms with Crippen LogP contribution in [-0.2, 0) is 4.79 Å². The molecule has 3 nitrogen and oxygen atoms in total. The molecule has 0 aliphatic carbocycles. The number of carbonyl (C=O) groups excluding carboxylic acids is 1. The number of rotatable bonds is 5. The van der Waals surface area contributed by atoms with Crippen molar-refractivity contribution in [2.45, 2.75) is 45.6 Å². The molecule has 1 N–H and O–H groups in total. The number of hydrogen-bond acceptors (Lipinski definition) is 3. The van der Waals surface area contributed by atoms with Crippen LogP contribution in [-0.4, -0.2) is 41.5 Å². The van der Waals surface area contributed by atoms with Gasteiger partial charge in [0.2, 0.25) is 0 Å². The largest absolute Gasteiger partial charge is 0.393 e. The van der Waals surface area contributed by atoms with Crippen LogP contribution < -0.4 is 0 Å². The van der Waals surface area contributed by atoms with Crippen molar-refractivity contribution in [2.75, 3.05) is 19.6 Å². The first-order valence-electron chi connectivity index (χ1n) is 8.08. The Bertz CT molecular complexity index is 522. The highest BCUT2D eigenvalue weighted by atomic mass is 19.1. The van der Waals surface area contributed by atoms with Gasteiger partial charge in [-0.3, -0.25) is 4.79 Å². The van der Waals surface area contributed by atoms with Gasteiger partial charge in [-0.2, -0.15) is 0 Å². The molecule has 1 heterocycles. The van der Waals surface area contributed by atoms with Crippen LogP contribution >= 0.6 is 0 Å². The predicted octanol–water partition coefficient (Wildman–Crippen LogP) is 2.90. The lowest BCUT2D eigenvalue weighted by Crippen LogP contribution is -2.40. The molecule has 0 spiro atoms. The Morgan fingerprint density at radius 2 is 2.00 bits per heavy atom. The number of halogens is 1. The number of aliphatic hydroxyl groups is 1. The number of aryl methyl sites for hydroxylation is 1. The molecule has 22 heavy (non-hydrogen) atoms. The number of nitrogens with zero attached hydrogens (tertiary/aromatic N) is 1. The summed E-state index contributed by atoms with van der Waals surface area (Å²) in [5.74, 6) is -0.488. The monoisotopic (exact) mass is 307 g/mol. The SMILES string of the molecule is Cc1ccc([C@@H](CN2CCC(O)CC2)C(=O)C(C)C)cc1F. The molecule has 0 saturated carbocycles. The van der Waals surface area contributed by atoms with Crippen LogP contribution in [0.3, 0.4) is 0 Å². The van der Waals surface area contributed by atoms with Crippen LogP contribution in [0.1, 0.15) is 43.7 Å². The molecule has 4 heteroatoms. The summed E-state index contributed by atoms with van der Waals surface area (Å²) in [6.07, 6.45) is 1.25. The van der Waals surface area contributed by atoms with Crippen LogP contribution in [0.15, 0.2) is 18.2 Å². The van der Waals surface area contributed by atoms with Crippen LogP contribution in [0.25, 0.3) is 0 Å². The smallest absolute Gasteiger partial charge is 0.144 e. The van der Waals surface area contributed by atoms with Crippen molar-refractivity contribution in [3.63, 3.8) is 0 Å². The van der Waals surface area contributed by atoms with Crippen LogP contribution in [0, 0.1) is 18.7 Å². The average molecular weight is 307 g/mol. The van der Waals surface area contributed by atoms with Crippen molar-refractivity contribution in [3.05, 3.63) is 35.1 Å². The zero-order valence-corrected chi connectivity index (χ0v) is 13.7. The molecule has 0 bridgehead atoms. The molecule has 0 unspecified atom stereocenters. The van der Waals surface area contributed by atoms with E-state index in [9.17, 15) is 14.3 Å². The van der Waals surface area contributed by atoms with Gasteiger partial charge >= 0.3 is 0 Å². The normalized spacial score (nSPS) is 18.6. The van der Waals surface area contributed by atoms with Crippen LogP contribution in [0.5, 0.6) is 0 Å².